The van der Waals surface area contributed by atoms with Gasteiger partial charge in [0, 0.05) is 24.4 Å². The van der Waals surface area contributed by atoms with Gasteiger partial charge >= 0.3 is 0 Å². The van der Waals surface area contributed by atoms with Crippen molar-refractivity contribution in [1.29, 1.82) is 0 Å². The molecule has 0 N–H and O–H groups in total. The van der Waals surface area contributed by atoms with Crippen molar-refractivity contribution in [2.75, 3.05) is 26.2 Å². The Labute approximate surface area is 120 Å². The summed E-state index contributed by atoms with van der Waals surface area (Å²) < 4.78 is 5.85. The van der Waals surface area contributed by atoms with E-state index in [1.54, 1.807) is 6.20 Å². The maximum absolute atomic E-state index is 5.85. The molecule has 1 aliphatic heterocycles. The van der Waals surface area contributed by atoms with E-state index in [4.69, 9.17) is 4.74 Å². The Balaban J connectivity index is 1.59. The summed E-state index contributed by atoms with van der Waals surface area (Å²) >= 11 is 0. The van der Waals surface area contributed by atoms with E-state index in [2.05, 4.69) is 22.0 Å². The number of rotatable bonds is 5. The van der Waals surface area contributed by atoms with Crippen LogP contribution in [0.2, 0.25) is 0 Å². The van der Waals surface area contributed by atoms with Crippen LogP contribution in [0, 0.1) is 6.07 Å². The molecule has 0 amide bonds. The summed E-state index contributed by atoms with van der Waals surface area (Å²) in [4.78, 5) is 6.77. The second-order valence-corrected chi connectivity index (χ2v) is 5.07. The summed E-state index contributed by atoms with van der Waals surface area (Å²) in [6, 6.07) is 14.9. The van der Waals surface area contributed by atoms with Crippen molar-refractivity contribution in [3.8, 4) is 17.0 Å². The fourth-order valence-electron chi connectivity index (χ4n) is 2.53. The second kappa shape index (κ2) is 6.53. The molecular formula is C17H19N2O. The number of ether oxygens (including phenoxy) is 1. The Morgan fingerprint density at radius 1 is 1.20 bits per heavy atom. The highest BCUT2D eigenvalue weighted by molar-refractivity contribution is 5.60. The summed E-state index contributed by atoms with van der Waals surface area (Å²) in [5, 5.41) is 0. The summed E-state index contributed by atoms with van der Waals surface area (Å²) in [7, 11) is 0. The standard InChI is InChI=1S/C17H19N2O/c1-2-9-18-17(8-1)15-6-5-7-16(14-15)20-13-12-19-10-3-4-11-19/h1,5-9,14H,3-4,10-13H2. The van der Waals surface area contributed by atoms with Crippen LogP contribution in [-0.4, -0.2) is 36.1 Å². The van der Waals surface area contributed by atoms with Crippen molar-refractivity contribution in [2.45, 2.75) is 12.8 Å². The third-order valence-corrected chi connectivity index (χ3v) is 3.62. The van der Waals surface area contributed by atoms with Crippen LogP contribution in [0.5, 0.6) is 5.75 Å². The summed E-state index contributed by atoms with van der Waals surface area (Å²) in [5.74, 6) is 0.913. The Morgan fingerprint density at radius 3 is 2.90 bits per heavy atom. The molecule has 0 aliphatic carbocycles. The smallest absolute Gasteiger partial charge is 0.120 e. The average Bonchev–Trinajstić information content (AvgIpc) is 3.02. The van der Waals surface area contributed by atoms with Crippen molar-refractivity contribution < 1.29 is 4.74 Å². The molecule has 3 nitrogen and oxygen atoms in total. The first-order chi connectivity index (χ1) is 9.92. The molecule has 3 rings (SSSR count). The molecule has 0 bridgehead atoms. The first kappa shape index (κ1) is 13.1. The molecular weight excluding hydrogens is 248 g/mol. The summed E-state index contributed by atoms with van der Waals surface area (Å²) in [6.45, 7) is 4.20. The number of nitrogens with zero attached hydrogens (tertiary/aromatic N) is 2. The van der Waals surface area contributed by atoms with E-state index in [0.29, 0.717) is 0 Å². The molecule has 2 heterocycles. The lowest BCUT2D eigenvalue weighted by Gasteiger charge is -2.15. The number of pyridine rings is 1. The molecule has 20 heavy (non-hydrogen) atoms. The minimum atomic E-state index is 0.749. The Kier molecular flexibility index (Phi) is 4.28. The summed E-state index contributed by atoms with van der Waals surface area (Å²) in [6.07, 6.45) is 4.34. The molecule has 1 radical (unpaired) electrons. The first-order valence-corrected chi connectivity index (χ1v) is 7.19. The van der Waals surface area contributed by atoms with Gasteiger partial charge in [0.15, 0.2) is 0 Å². The number of hydrogen-bond acceptors (Lipinski definition) is 3. The fraction of sp³-hybridized carbons (Fsp3) is 0.353. The van der Waals surface area contributed by atoms with Crippen LogP contribution in [0.1, 0.15) is 12.8 Å². The largest absolute Gasteiger partial charge is 0.492 e. The van der Waals surface area contributed by atoms with Crippen LogP contribution in [0.4, 0.5) is 0 Å². The predicted molar refractivity (Wildman–Crippen MR) is 79.7 cm³/mol. The van der Waals surface area contributed by atoms with Crippen LogP contribution in [0.25, 0.3) is 11.3 Å². The number of hydrogen-bond donors (Lipinski definition) is 0. The number of benzene rings is 1. The third kappa shape index (κ3) is 3.36. The second-order valence-electron chi connectivity index (χ2n) is 5.07. The van der Waals surface area contributed by atoms with Gasteiger partial charge in [-0.05, 0) is 44.1 Å². The molecule has 0 spiro atoms. The maximum Gasteiger partial charge on any atom is 0.120 e. The minimum Gasteiger partial charge on any atom is -0.492 e. The lowest BCUT2D eigenvalue weighted by atomic mass is 10.1. The molecule has 0 unspecified atom stereocenters. The molecule has 1 aromatic carbocycles. The van der Waals surface area contributed by atoms with Gasteiger partial charge in [0.05, 0.1) is 5.69 Å². The normalized spacial score (nSPS) is 15.4. The molecule has 0 saturated carbocycles. The van der Waals surface area contributed by atoms with Gasteiger partial charge in [-0.25, -0.2) is 0 Å². The zero-order chi connectivity index (χ0) is 13.6. The summed E-state index contributed by atoms with van der Waals surface area (Å²) in [5.41, 5.74) is 2.03. The number of aromatic nitrogens is 1. The quantitative estimate of drug-likeness (QED) is 0.832. The molecule has 0 atom stereocenters. The molecule has 1 aromatic heterocycles. The lowest BCUT2D eigenvalue weighted by molar-refractivity contribution is 0.238. The Morgan fingerprint density at radius 2 is 2.10 bits per heavy atom. The fourth-order valence-corrected chi connectivity index (χ4v) is 2.53. The van der Waals surface area contributed by atoms with E-state index < -0.39 is 0 Å². The SMILES string of the molecule is [c]1ccc(-c2cccc(OCCN3CCCC3)c2)nc1. The van der Waals surface area contributed by atoms with Crippen LogP contribution in [0.3, 0.4) is 0 Å². The Bertz CT molecular complexity index is 536. The number of likely N-dealkylation sites (tertiary alicyclic amines) is 1. The molecule has 3 heteroatoms. The Hall–Kier alpha value is -1.87. The zero-order valence-electron chi connectivity index (χ0n) is 11.6. The van der Waals surface area contributed by atoms with Gasteiger partial charge in [-0.1, -0.05) is 18.2 Å². The van der Waals surface area contributed by atoms with Crippen molar-refractivity contribution in [2.24, 2.45) is 0 Å². The van der Waals surface area contributed by atoms with E-state index in [1.807, 2.05) is 30.3 Å². The van der Waals surface area contributed by atoms with E-state index in [9.17, 15) is 0 Å². The van der Waals surface area contributed by atoms with Gasteiger partial charge in [-0.2, -0.15) is 0 Å². The van der Waals surface area contributed by atoms with Gasteiger partial charge in [0.25, 0.3) is 0 Å². The van der Waals surface area contributed by atoms with Crippen molar-refractivity contribution >= 4 is 0 Å². The molecule has 2 aromatic rings. The van der Waals surface area contributed by atoms with Crippen molar-refractivity contribution in [1.82, 2.24) is 9.88 Å². The first-order valence-electron chi connectivity index (χ1n) is 7.19. The minimum absolute atomic E-state index is 0.749. The average molecular weight is 267 g/mol. The molecule has 103 valence electrons. The van der Waals surface area contributed by atoms with Crippen LogP contribution in [-0.2, 0) is 0 Å². The van der Waals surface area contributed by atoms with Crippen LogP contribution in [0.15, 0.2) is 42.6 Å². The maximum atomic E-state index is 5.85. The van der Waals surface area contributed by atoms with E-state index in [0.717, 1.165) is 30.2 Å². The van der Waals surface area contributed by atoms with Gasteiger partial charge < -0.3 is 4.74 Å². The highest BCUT2D eigenvalue weighted by Crippen LogP contribution is 2.21. The van der Waals surface area contributed by atoms with Gasteiger partial charge in [0.1, 0.15) is 12.4 Å². The zero-order valence-corrected chi connectivity index (χ0v) is 11.6. The van der Waals surface area contributed by atoms with Crippen LogP contribution < -0.4 is 4.74 Å². The van der Waals surface area contributed by atoms with E-state index >= 15 is 0 Å². The molecule has 1 aliphatic rings. The lowest BCUT2D eigenvalue weighted by Crippen LogP contribution is -2.25. The van der Waals surface area contributed by atoms with Gasteiger partial charge in [0.2, 0.25) is 0 Å². The highest BCUT2D eigenvalue weighted by atomic mass is 16.5. The molecule has 1 saturated heterocycles. The third-order valence-electron chi connectivity index (χ3n) is 3.62. The molecule has 1 fully saturated rings. The van der Waals surface area contributed by atoms with Crippen molar-refractivity contribution in [3.05, 3.63) is 48.7 Å². The van der Waals surface area contributed by atoms with Crippen LogP contribution >= 0.6 is 0 Å². The topological polar surface area (TPSA) is 25.4 Å². The highest BCUT2D eigenvalue weighted by Gasteiger charge is 2.10. The van der Waals surface area contributed by atoms with Gasteiger partial charge in [-0.15, -0.1) is 0 Å². The monoisotopic (exact) mass is 267 g/mol. The van der Waals surface area contributed by atoms with Crippen molar-refractivity contribution in [3.63, 3.8) is 0 Å². The van der Waals surface area contributed by atoms with Gasteiger partial charge in [-0.3, -0.25) is 9.88 Å². The predicted octanol–water partition coefficient (Wildman–Crippen LogP) is 3.02. The van der Waals surface area contributed by atoms with E-state index in [1.165, 1.54) is 25.9 Å². The van der Waals surface area contributed by atoms with E-state index in [-0.39, 0.29) is 0 Å².